The van der Waals surface area contributed by atoms with Crippen molar-refractivity contribution in [3.05, 3.63) is 0 Å². The van der Waals surface area contributed by atoms with Crippen LogP contribution in [-0.2, 0) is 18.9 Å². The number of hydrogen-bond donors (Lipinski definition) is 1. The molecule has 0 aliphatic heterocycles. The second kappa shape index (κ2) is 6.33. The average Bonchev–Trinajstić information content (AvgIpc) is 2.09. The van der Waals surface area contributed by atoms with E-state index in [9.17, 15) is 5.11 Å². The Kier molecular flexibility index (Phi) is 6.23. The van der Waals surface area contributed by atoms with Crippen molar-refractivity contribution in [3.8, 4) is 0 Å². The number of rotatable bonds is 6. The third-order valence-corrected chi connectivity index (χ3v) is 1.49. The van der Waals surface area contributed by atoms with Crippen molar-refractivity contribution in [3.63, 3.8) is 0 Å². The van der Waals surface area contributed by atoms with Crippen LogP contribution in [0.2, 0.25) is 0 Å². The summed E-state index contributed by atoms with van der Waals surface area (Å²) < 4.78 is 19.3. The zero-order chi connectivity index (χ0) is 9.56. The molecule has 0 amide bonds. The summed E-state index contributed by atoms with van der Waals surface area (Å²) in [5.74, 6) is 0. The third-order valence-electron chi connectivity index (χ3n) is 1.49. The number of ether oxygens (including phenoxy) is 4. The minimum atomic E-state index is -0.963. The lowest BCUT2D eigenvalue weighted by atomic mass is 10.3. The molecule has 5 heteroatoms. The van der Waals surface area contributed by atoms with Crippen molar-refractivity contribution in [2.75, 3.05) is 28.4 Å². The quantitative estimate of drug-likeness (QED) is 0.563. The topological polar surface area (TPSA) is 57.2 Å². The molecule has 0 fully saturated rings. The summed E-state index contributed by atoms with van der Waals surface area (Å²) in [6.07, 6.45) is -2.44. The molecule has 0 atom stereocenters. The SMILES string of the molecule is COC(OC)C(O)C(OC)OC. The number of aliphatic hydroxyl groups excluding tert-OH is 1. The first-order valence-electron chi connectivity index (χ1n) is 3.50. The maximum Gasteiger partial charge on any atom is 0.187 e. The molecule has 74 valence electrons. The summed E-state index contributed by atoms with van der Waals surface area (Å²) in [7, 11) is 5.72. The summed E-state index contributed by atoms with van der Waals surface area (Å²) >= 11 is 0. The van der Waals surface area contributed by atoms with Crippen molar-refractivity contribution >= 4 is 0 Å². The Morgan fingerprint density at radius 2 is 1.00 bits per heavy atom. The summed E-state index contributed by atoms with van der Waals surface area (Å²) in [4.78, 5) is 0. The molecule has 0 saturated heterocycles. The smallest absolute Gasteiger partial charge is 0.187 e. The fourth-order valence-electron chi connectivity index (χ4n) is 0.878. The van der Waals surface area contributed by atoms with Gasteiger partial charge in [-0.25, -0.2) is 0 Å². The molecule has 0 saturated carbocycles. The minimum absolute atomic E-state index is 0.741. The van der Waals surface area contributed by atoms with Gasteiger partial charge in [-0.2, -0.15) is 0 Å². The molecule has 0 unspecified atom stereocenters. The summed E-state index contributed by atoms with van der Waals surface area (Å²) in [6, 6.07) is 0. The molecule has 0 spiro atoms. The van der Waals surface area contributed by atoms with Crippen molar-refractivity contribution < 1.29 is 24.1 Å². The first-order valence-corrected chi connectivity index (χ1v) is 3.50. The molecular formula is C7H16O5. The fraction of sp³-hybridized carbons (Fsp3) is 1.00. The van der Waals surface area contributed by atoms with Crippen LogP contribution in [0.5, 0.6) is 0 Å². The van der Waals surface area contributed by atoms with Gasteiger partial charge in [0.2, 0.25) is 0 Å². The van der Waals surface area contributed by atoms with Gasteiger partial charge in [-0.15, -0.1) is 0 Å². The zero-order valence-corrected chi connectivity index (χ0v) is 7.81. The van der Waals surface area contributed by atoms with Crippen LogP contribution in [0, 0.1) is 0 Å². The molecule has 0 rings (SSSR count). The lowest BCUT2D eigenvalue weighted by Gasteiger charge is -2.25. The second-order valence-corrected chi connectivity index (χ2v) is 2.17. The van der Waals surface area contributed by atoms with E-state index in [1.54, 1.807) is 0 Å². The van der Waals surface area contributed by atoms with Gasteiger partial charge in [-0.1, -0.05) is 0 Å². The van der Waals surface area contributed by atoms with Crippen LogP contribution >= 0.6 is 0 Å². The Hall–Kier alpha value is -0.200. The molecular weight excluding hydrogens is 164 g/mol. The Morgan fingerprint density at radius 1 is 0.750 bits per heavy atom. The highest BCUT2D eigenvalue weighted by molar-refractivity contribution is 4.63. The second-order valence-electron chi connectivity index (χ2n) is 2.17. The minimum Gasteiger partial charge on any atom is -0.382 e. The third kappa shape index (κ3) is 3.04. The Morgan fingerprint density at radius 3 is 1.17 bits per heavy atom. The first kappa shape index (κ1) is 11.8. The van der Waals surface area contributed by atoms with Gasteiger partial charge in [0.05, 0.1) is 0 Å². The predicted octanol–water partition coefficient (Wildman–Crippen LogP) is -0.415. The molecule has 5 nitrogen and oxygen atoms in total. The summed E-state index contributed by atoms with van der Waals surface area (Å²) in [5.41, 5.74) is 0. The van der Waals surface area contributed by atoms with Crippen molar-refractivity contribution in [2.24, 2.45) is 0 Å². The molecule has 0 bridgehead atoms. The maximum absolute atomic E-state index is 9.47. The monoisotopic (exact) mass is 180 g/mol. The van der Waals surface area contributed by atoms with Crippen molar-refractivity contribution in [1.82, 2.24) is 0 Å². The highest BCUT2D eigenvalue weighted by atomic mass is 16.7. The predicted molar refractivity (Wildman–Crippen MR) is 41.6 cm³/mol. The van der Waals surface area contributed by atoms with Gasteiger partial charge in [-0.05, 0) is 0 Å². The first-order chi connectivity index (χ1) is 5.71. The molecule has 0 aromatic carbocycles. The van der Waals surface area contributed by atoms with Crippen molar-refractivity contribution in [2.45, 2.75) is 18.7 Å². The van der Waals surface area contributed by atoms with E-state index in [1.807, 2.05) is 0 Å². The number of aliphatic hydroxyl groups is 1. The highest BCUT2D eigenvalue weighted by Crippen LogP contribution is 2.07. The van der Waals surface area contributed by atoms with E-state index in [2.05, 4.69) is 0 Å². The largest absolute Gasteiger partial charge is 0.382 e. The normalized spacial score (nSPS) is 12.0. The maximum atomic E-state index is 9.47. The Labute approximate surface area is 72.2 Å². The van der Waals surface area contributed by atoms with Gasteiger partial charge in [0.25, 0.3) is 0 Å². The van der Waals surface area contributed by atoms with E-state index in [0.717, 1.165) is 0 Å². The molecule has 0 aromatic heterocycles. The van der Waals surface area contributed by atoms with E-state index in [1.165, 1.54) is 28.4 Å². The van der Waals surface area contributed by atoms with E-state index >= 15 is 0 Å². The Bertz CT molecular complexity index is 88.0. The average molecular weight is 180 g/mol. The van der Waals surface area contributed by atoms with Gasteiger partial charge in [-0.3, -0.25) is 0 Å². The molecule has 0 aromatic rings. The Balaban J connectivity index is 4.02. The van der Waals surface area contributed by atoms with E-state index in [0.29, 0.717) is 0 Å². The van der Waals surface area contributed by atoms with Crippen LogP contribution in [-0.4, -0.2) is 52.2 Å². The lowest BCUT2D eigenvalue weighted by Crippen LogP contribution is -2.41. The zero-order valence-electron chi connectivity index (χ0n) is 7.81. The summed E-state index contributed by atoms with van der Waals surface area (Å²) in [5, 5.41) is 9.47. The molecule has 12 heavy (non-hydrogen) atoms. The molecule has 0 aliphatic rings. The van der Waals surface area contributed by atoms with Crippen LogP contribution in [0.3, 0.4) is 0 Å². The summed E-state index contributed by atoms with van der Waals surface area (Å²) in [6.45, 7) is 0. The van der Waals surface area contributed by atoms with Crippen LogP contribution < -0.4 is 0 Å². The van der Waals surface area contributed by atoms with Gasteiger partial charge < -0.3 is 24.1 Å². The highest BCUT2D eigenvalue weighted by Gasteiger charge is 2.27. The number of hydrogen-bond acceptors (Lipinski definition) is 5. The van der Waals surface area contributed by atoms with Gasteiger partial charge in [0.1, 0.15) is 0 Å². The van der Waals surface area contributed by atoms with E-state index < -0.39 is 18.7 Å². The molecule has 1 N–H and O–H groups in total. The number of methoxy groups -OCH3 is 4. The van der Waals surface area contributed by atoms with Crippen LogP contribution in [0.25, 0.3) is 0 Å². The van der Waals surface area contributed by atoms with Gasteiger partial charge in [0, 0.05) is 28.4 Å². The fourth-order valence-corrected chi connectivity index (χ4v) is 0.878. The van der Waals surface area contributed by atoms with Gasteiger partial charge in [0.15, 0.2) is 18.7 Å². The van der Waals surface area contributed by atoms with Gasteiger partial charge >= 0.3 is 0 Å². The molecule has 0 radical (unpaired) electrons. The van der Waals surface area contributed by atoms with Crippen LogP contribution in [0.4, 0.5) is 0 Å². The van der Waals surface area contributed by atoms with Crippen molar-refractivity contribution in [1.29, 1.82) is 0 Å². The van der Waals surface area contributed by atoms with Crippen LogP contribution in [0.1, 0.15) is 0 Å². The molecule has 0 aliphatic carbocycles. The van der Waals surface area contributed by atoms with E-state index in [4.69, 9.17) is 18.9 Å². The van der Waals surface area contributed by atoms with Crippen LogP contribution in [0.15, 0.2) is 0 Å². The standard InChI is InChI=1S/C7H16O5/c1-9-6(10-2)5(8)7(11-3)12-4/h5-8H,1-4H3. The lowest BCUT2D eigenvalue weighted by molar-refractivity contribution is -0.247. The molecule has 0 heterocycles. The van der Waals surface area contributed by atoms with E-state index in [-0.39, 0.29) is 0 Å².